The summed E-state index contributed by atoms with van der Waals surface area (Å²) in [6.07, 6.45) is 2.39. The first-order valence-electron chi connectivity index (χ1n) is 10.6. The lowest BCUT2D eigenvalue weighted by atomic mass is 9.89. The van der Waals surface area contributed by atoms with Gasteiger partial charge in [0.2, 0.25) is 0 Å². The molecule has 0 saturated carbocycles. The molecule has 0 amide bonds. The SMILES string of the molecule is CCNC(=NCC(C(C)C)N1CCN(C)CC1)NC(C)CCC(C)(C)C.I. The van der Waals surface area contributed by atoms with Crippen molar-refractivity contribution in [2.45, 2.75) is 73.4 Å². The Labute approximate surface area is 186 Å². The van der Waals surface area contributed by atoms with Crippen molar-refractivity contribution >= 4 is 29.9 Å². The van der Waals surface area contributed by atoms with E-state index in [1.54, 1.807) is 0 Å². The van der Waals surface area contributed by atoms with Gasteiger partial charge in [-0.05, 0) is 45.1 Å². The van der Waals surface area contributed by atoms with Gasteiger partial charge in [-0.25, -0.2) is 0 Å². The van der Waals surface area contributed by atoms with Gasteiger partial charge in [-0.3, -0.25) is 9.89 Å². The van der Waals surface area contributed by atoms with Crippen molar-refractivity contribution < 1.29 is 0 Å². The second-order valence-electron chi connectivity index (χ2n) is 9.51. The van der Waals surface area contributed by atoms with Crippen LogP contribution in [0, 0.1) is 11.3 Å². The van der Waals surface area contributed by atoms with E-state index in [9.17, 15) is 0 Å². The minimum absolute atomic E-state index is 0. The van der Waals surface area contributed by atoms with E-state index >= 15 is 0 Å². The summed E-state index contributed by atoms with van der Waals surface area (Å²) >= 11 is 0. The van der Waals surface area contributed by atoms with Crippen molar-refractivity contribution in [2.24, 2.45) is 16.3 Å². The maximum atomic E-state index is 4.95. The Hall–Kier alpha value is -0.0800. The molecule has 1 aliphatic rings. The lowest BCUT2D eigenvalue weighted by Gasteiger charge is -2.39. The fourth-order valence-corrected chi connectivity index (χ4v) is 3.36. The number of rotatable bonds is 8. The molecule has 0 spiro atoms. The van der Waals surface area contributed by atoms with Crippen LogP contribution in [0.5, 0.6) is 0 Å². The third-order valence-corrected chi connectivity index (χ3v) is 5.27. The first kappa shape index (κ1) is 26.9. The molecule has 2 N–H and O–H groups in total. The predicted octanol–water partition coefficient (Wildman–Crippen LogP) is 3.65. The van der Waals surface area contributed by atoms with Gasteiger partial charge < -0.3 is 15.5 Å². The van der Waals surface area contributed by atoms with Crippen LogP contribution in [0.1, 0.15) is 61.3 Å². The van der Waals surface area contributed by atoms with Crippen molar-refractivity contribution in [1.82, 2.24) is 20.4 Å². The summed E-state index contributed by atoms with van der Waals surface area (Å²) in [7, 11) is 2.21. The van der Waals surface area contributed by atoms with Gasteiger partial charge in [0.1, 0.15) is 0 Å². The van der Waals surface area contributed by atoms with Crippen LogP contribution in [-0.4, -0.2) is 74.2 Å². The fraction of sp³-hybridized carbons (Fsp3) is 0.952. The second-order valence-corrected chi connectivity index (χ2v) is 9.51. The number of likely N-dealkylation sites (N-methyl/N-ethyl adjacent to an activating group) is 1. The number of aliphatic imine (C=N–C) groups is 1. The van der Waals surface area contributed by atoms with E-state index in [4.69, 9.17) is 4.99 Å². The van der Waals surface area contributed by atoms with Gasteiger partial charge in [0.25, 0.3) is 0 Å². The highest BCUT2D eigenvalue weighted by Gasteiger charge is 2.25. The topological polar surface area (TPSA) is 42.9 Å². The van der Waals surface area contributed by atoms with E-state index in [2.05, 4.69) is 75.9 Å². The number of guanidine groups is 1. The summed E-state index contributed by atoms with van der Waals surface area (Å²) in [5.74, 6) is 1.58. The lowest BCUT2D eigenvalue weighted by Crippen LogP contribution is -2.52. The number of nitrogens with one attached hydrogen (secondary N) is 2. The number of hydrogen-bond acceptors (Lipinski definition) is 3. The van der Waals surface area contributed by atoms with Crippen LogP contribution in [0.15, 0.2) is 4.99 Å². The van der Waals surface area contributed by atoms with E-state index in [1.165, 1.54) is 12.8 Å². The molecule has 1 aliphatic heterocycles. The summed E-state index contributed by atoms with van der Waals surface area (Å²) in [4.78, 5) is 9.99. The number of halogens is 1. The van der Waals surface area contributed by atoms with Crippen LogP contribution in [0.2, 0.25) is 0 Å². The summed E-state index contributed by atoms with van der Waals surface area (Å²) in [5.41, 5.74) is 0.385. The molecule has 2 unspecified atom stereocenters. The molecule has 1 rings (SSSR count). The third-order valence-electron chi connectivity index (χ3n) is 5.27. The Balaban J connectivity index is 0.00000676. The van der Waals surface area contributed by atoms with Gasteiger partial charge in [-0.1, -0.05) is 34.6 Å². The molecule has 2 atom stereocenters. The van der Waals surface area contributed by atoms with E-state index < -0.39 is 0 Å². The Morgan fingerprint density at radius 1 is 1.07 bits per heavy atom. The summed E-state index contributed by atoms with van der Waals surface area (Å²) < 4.78 is 0. The molecule has 0 aromatic rings. The Morgan fingerprint density at radius 3 is 2.15 bits per heavy atom. The Kier molecular flexibility index (Phi) is 13.2. The fourth-order valence-electron chi connectivity index (χ4n) is 3.36. The minimum atomic E-state index is 0. The standard InChI is InChI=1S/C21H45N5.HI/c1-9-22-20(24-18(4)10-11-21(5,6)7)23-16-19(17(2)3)26-14-12-25(8)13-15-26;/h17-19H,9-16H2,1-8H3,(H2,22,23,24);1H. The monoisotopic (exact) mass is 495 g/mol. The summed E-state index contributed by atoms with van der Waals surface area (Å²) in [5, 5.41) is 7.03. The smallest absolute Gasteiger partial charge is 0.191 e. The van der Waals surface area contributed by atoms with Crippen LogP contribution in [0.25, 0.3) is 0 Å². The molecule has 1 fully saturated rings. The zero-order valence-electron chi connectivity index (χ0n) is 19.1. The van der Waals surface area contributed by atoms with Crippen LogP contribution < -0.4 is 10.6 Å². The van der Waals surface area contributed by atoms with Gasteiger partial charge >= 0.3 is 0 Å². The molecule has 0 bridgehead atoms. The van der Waals surface area contributed by atoms with Crippen LogP contribution in [0.4, 0.5) is 0 Å². The molecular formula is C21H46IN5. The quantitative estimate of drug-likeness (QED) is 0.307. The van der Waals surface area contributed by atoms with Crippen molar-refractivity contribution in [1.29, 1.82) is 0 Å². The maximum absolute atomic E-state index is 4.95. The van der Waals surface area contributed by atoms with Gasteiger partial charge in [0.05, 0.1) is 6.54 Å². The predicted molar refractivity (Wildman–Crippen MR) is 130 cm³/mol. The first-order chi connectivity index (χ1) is 12.1. The molecule has 27 heavy (non-hydrogen) atoms. The highest BCUT2D eigenvalue weighted by molar-refractivity contribution is 14.0. The van der Waals surface area contributed by atoms with Gasteiger partial charge in [0.15, 0.2) is 5.96 Å². The molecular weight excluding hydrogens is 449 g/mol. The Bertz CT molecular complexity index is 411. The normalized spacial score (nSPS) is 19.5. The molecule has 0 radical (unpaired) electrons. The van der Waals surface area contributed by atoms with Gasteiger partial charge in [0, 0.05) is 44.8 Å². The van der Waals surface area contributed by atoms with Crippen molar-refractivity contribution in [3.63, 3.8) is 0 Å². The van der Waals surface area contributed by atoms with Gasteiger partial charge in [-0.15, -0.1) is 24.0 Å². The second kappa shape index (κ2) is 13.2. The number of piperazine rings is 1. The van der Waals surface area contributed by atoms with Crippen molar-refractivity contribution in [3.8, 4) is 0 Å². The average Bonchev–Trinajstić information content (AvgIpc) is 2.54. The van der Waals surface area contributed by atoms with Gasteiger partial charge in [-0.2, -0.15) is 0 Å². The molecule has 0 aromatic heterocycles. The molecule has 1 saturated heterocycles. The van der Waals surface area contributed by atoms with E-state index in [1.807, 2.05) is 0 Å². The van der Waals surface area contributed by atoms with Crippen molar-refractivity contribution in [2.75, 3.05) is 46.3 Å². The van der Waals surface area contributed by atoms with E-state index in [0.717, 1.165) is 45.2 Å². The zero-order chi connectivity index (χ0) is 19.7. The summed E-state index contributed by atoms with van der Waals surface area (Å²) in [6, 6.07) is 0.956. The molecule has 162 valence electrons. The van der Waals surface area contributed by atoms with Crippen LogP contribution >= 0.6 is 24.0 Å². The highest BCUT2D eigenvalue weighted by atomic mass is 127. The first-order valence-corrected chi connectivity index (χ1v) is 10.6. The van der Waals surface area contributed by atoms with Crippen LogP contribution in [0.3, 0.4) is 0 Å². The summed E-state index contributed by atoms with van der Waals surface area (Å²) in [6.45, 7) is 22.4. The molecule has 6 heteroatoms. The average molecular weight is 496 g/mol. The molecule has 5 nitrogen and oxygen atoms in total. The molecule has 1 heterocycles. The largest absolute Gasteiger partial charge is 0.357 e. The molecule has 0 aliphatic carbocycles. The van der Waals surface area contributed by atoms with Crippen LogP contribution in [-0.2, 0) is 0 Å². The minimum Gasteiger partial charge on any atom is -0.357 e. The molecule has 0 aromatic carbocycles. The maximum Gasteiger partial charge on any atom is 0.191 e. The van der Waals surface area contributed by atoms with E-state index in [-0.39, 0.29) is 24.0 Å². The number of nitrogens with zero attached hydrogens (tertiary/aromatic N) is 3. The third kappa shape index (κ3) is 11.5. The van der Waals surface area contributed by atoms with Crippen molar-refractivity contribution in [3.05, 3.63) is 0 Å². The zero-order valence-corrected chi connectivity index (χ0v) is 21.5. The highest BCUT2D eigenvalue weighted by Crippen LogP contribution is 2.21. The lowest BCUT2D eigenvalue weighted by molar-refractivity contribution is 0.0925. The Morgan fingerprint density at radius 2 is 1.67 bits per heavy atom. The van der Waals surface area contributed by atoms with E-state index in [0.29, 0.717) is 23.4 Å². The number of hydrogen-bond donors (Lipinski definition) is 2.